The minimum Gasteiger partial charge on any atom is -0.473 e. The second-order valence-corrected chi connectivity index (χ2v) is 5.43. The first kappa shape index (κ1) is 13.2. The average molecular weight is 292 g/mol. The van der Waals surface area contributed by atoms with Gasteiger partial charge in [0.25, 0.3) is 0 Å². The summed E-state index contributed by atoms with van der Waals surface area (Å²) in [4.78, 5) is 0. The van der Waals surface area contributed by atoms with Gasteiger partial charge in [0.2, 0.25) is 5.88 Å². The van der Waals surface area contributed by atoms with Crippen LogP contribution in [0.5, 0.6) is 5.88 Å². The van der Waals surface area contributed by atoms with E-state index in [4.69, 9.17) is 9.47 Å². The Kier molecular flexibility index (Phi) is 3.45. The van der Waals surface area contributed by atoms with E-state index in [-0.39, 0.29) is 6.10 Å². The van der Waals surface area contributed by atoms with E-state index < -0.39 is 0 Å². The molecule has 1 aliphatic rings. The fourth-order valence-corrected chi connectivity index (χ4v) is 2.50. The molecule has 0 spiro atoms. The molecule has 1 saturated heterocycles. The number of aromatic nitrogens is 2. The van der Waals surface area contributed by atoms with Crippen LogP contribution in [0.2, 0.25) is 0 Å². The van der Waals surface area contributed by atoms with Gasteiger partial charge in [0.15, 0.2) is 0 Å². The number of ether oxygens (including phenoxy) is 2. The summed E-state index contributed by atoms with van der Waals surface area (Å²) in [5.41, 5.74) is 2.19. The van der Waals surface area contributed by atoms with Crippen molar-refractivity contribution < 1.29 is 9.47 Å². The third kappa shape index (κ3) is 2.78. The molecule has 3 aromatic rings. The van der Waals surface area contributed by atoms with Crippen LogP contribution in [0.25, 0.3) is 10.8 Å². The van der Waals surface area contributed by atoms with E-state index in [9.17, 15) is 0 Å². The van der Waals surface area contributed by atoms with Crippen molar-refractivity contribution in [3.8, 4) is 5.88 Å². The molecule has 22 heavy (non-hydrogen) atoms. The number of nitrogens with zero attached hydrogens (tertiary/aromatic N) is 2. The van der Waals surface area contributed by atoms with Crippen LogP contribution in [0, 0.1) is 0 Å². The normalized spacial score (nSPS) is 16.6. The molecule has 1 fully saturated rings. The first-order chi connectivity index (χ1) is 10.9. The molecular formula is C18H16N2O2. The first-order valence-corrected chi connectivity index (χ1v) is 7.43. The van der Waals surface area contributed by atoms with Gasteiger partial charge in [0.1, 0.15) is 12.7 Å². The molecule has 0 N–H and O–H groups in total. The van der Waals surface area contributed by atoms with Gasteiger partial charge in [0.05, 0.1) is 12.3 Å². The van der Waals surface area contributed by atoms with Crippen LogP contribution in [0.3, 0.4) is 0 Å². The monoisotopic (exact) mass is 292 g/mol. The van der Waals surface area contributed by atoms with E-state index in [2.05, 4.69) is 28.4 Å². The van der Waals surface area contributed by atoms with E-state index >= 15 is 0 Å². The molecule has 0 saturated carbocycles. The molecule has 0 bridgehead atoms. The van der Waals surface area contributed by atoms with E-state index in [1.807, 2.05) is 36.4 Å². The number of epoxide rings is 1. The summed E-state index contributed by atoms with van der Waals surface area (Å²) in [6, 6.07) is 18.4. The number of rotatable bonds is 5. The zero-order chi connectivity index (χ0) is 14.8. The van der Waals surface area contributed by atoms with Crippen LogP contribution in [-0.2, 0) is 11.2 Å². The predicted octanol–water partition coefficient (Wildman–Crippen LogP) is 3.00. The summed E-state index contributed by atoms with van der Waals surface area (Å²) in [5, 5.41) is 10.8. The van der Waals surface area contributed by atoms with Gasteiger partial charge in [-0.1, -0.05) is 48.5 Å². The Labute approximate surface area is 128 Å². The van der Waals surface area contributed by atoms with Crippen LogP contribution in [0.15, 0.2) is 54.6 Å². The van der Waals surface area contributed by atoms with Crippen molar-refractivity contribution >= 4 is 10.8 Å². The van der Waals surface area contributed by atoms with Crippen molar-refractivity contribution in [2.24, 2.45) is 0 Å². The molecule has 1 unspecified atom stereocenters. The van der Waals surface area contributed by atoms with Crippen molar-refractivity contribution in [2.45, 2.75) is 12.5 Å². The fraction of sp³-hybridized carbons (Fsp3) is 0.222. The quantitative estimate of drug-likeness (QED) is 0.678. The molecule has 1 aromatic heterocycles. The molecule has 1 aliphatic heterocycles. The third-order valence-electron chi connectivity index (χ3n) is 3.75. The minimum absolute atomic E-state index is 0.213. The first-order valence-electron chi connectivity index (χ1n) is 7.43. The van der Waals surface area contributed by atoms with Gasteiger partial charge in [-0.15, -0.1) is 5.10 Å². The summed E-state index contributed by atoms with van der Waals surface area (Å²) in [5.74, 6) is 0.586. The lowest BCUT2D eigenvalue weighted by Gasteiger charge is -2.09. The lowest BCUT2D eigenvalue weighted by Crippen LogP contribution is -2.07. The highest BCUT2D eigenvalue weighted by atomic mass is 16.6. The van der Waals surface area contributed by atoms with Crippen molar-refractivity contribution in [3.63, 3.8) is 0 Å². The maximum absolute atomic E-state index is 5.75. The van der Waals surface area contributed by atoms with Gasteiger partial charge in [-0.25, -0.2) is 0 Å². The second kappa shape index (κ2) is 5.73. The Balaban J connectivity index is 1.68. The molecule has 0 radical (unpaired) electrons. The largest absolute Gasteiger partial charge is 0.473 e. The molecule has 4 heteroatoms. The summed E-state index contributed by atoms with van der Waals surface area (Å²) in [6.45, 7) is 1.31. The summed E-state index contributed by atoms with van der Waals surface area (Å²) >= 11 is 0. The van der Waals surface area contributed by atoms with Crippen LogP contribution in [-0.4, -0.2) is 29.5 Å². The highest BCUT2D eigenvalue weighted by Crippen LogP contribution is 2.26. The van der Waals surface area contributed by atoms with Crippen LogP contribution in [0.4, 0.5) is 0 Å². The molecule has 0 aliphatic carbocycles. The van der Waals surface area contributed by atoms with Crippen LogP contribution < -0.4 is 4.74 Å². The molecule has 4 rings (SSSR count). The predicted molar refractivity (Wildman–Crippen MR) is 84.0 cm³/mol. The lowest BCUT2D eigenvalue weighted by atomic mass is 10.0. The van der Waals surface area contributed by atoms with Crippen molar-refractivity contribution in [2.75, 3.05) is 13.2 Å². The van der Waals surface area contributed by atoms with Gasteiger partial charge in [0, 0.05) is 17.2 Å². The van der Waals surface area contributed by atoms with E-state index in [0.29, 0.717) is 12.5 Å². The van der Waals surface area contributed by atoms with E-state index in [1.165, 1.54) is 5.56 Å². The molecular weight excluding hydrogens is 276 g/mol. The zero-order valence-electron chi connectivity index (χ0n) is 12.1. The highest BCUT2D eigenvalue weighted by molar-refractivity contribution is 5.88. The molecule has 2 heterocycles. The maximum Gasteiger partial charge on any atom is 0.241 e. The summed E-state index contributed by atoms with van der Waals surface area (Å²) in [7, 11) is 0. The van der Waals surface area contributed by atoms with Crippen molar-refractivity contribution in [1.29, 1.82) is 0 Å². The Morgan fingerprint density at radius 1 is 0.955 bits per heavy atom. The smallest absolute Gasteiger partial charge is 0.241 e. The fourth-order valence-electron chi connectivity index (χ4n) is 2.50. The minimum atomic E-state index is 0.213. The van der Waals surface area contributed by atoms with Crippen LogP contribution >= 0.6 is 0 Å². The summed E-state index contributed by atoms with van der Waals surface area (Å²) in [6.07, 6.45) is 0.977. The Hall–Kier alpha value is -2.46. The number of hydrogen-bond acceptors (Lipinski definition) is 4. The van der Waals surface area contributed by atoms with Gasteiger partial charge in [-0.05, 0) is 11.6 Å². The molecule has 0 amide bonds. The average Bonchev–Trinajstić information content (AvgIpc) is 3.39. The van der Waals surface area contributed by atoms with E-state index in [1.54, 1.807) is 0 Å². The number of fused-ring (bicyclic) bond motifs is 1. The van der Waals surface area contributed by atoms with Gasteiger partial charge < -0.3 is 9.47 Å². The molecule has 110 valence electrons. The molecule has 4 nitrogen and oxygen atoms in total. The van der Waals surface area contributed by atoms with Crippen molar-refractivity contribution in [1.82, 2.24) is 10.2 Å². The zero-order valence-corrected chi connectivity index (χ0v) is 12.1. The SMILES string of the molecule is c1ccc(Cc2nnc(OCC3CO3)c3ccccc23)cc1. The molecule has 1 atom stereocenters. The Bertz CT molecular complexity index is 785. The topological polar surface area (TPSA) is 47.5 Å². The second-order valence-electron chi connectivity index (χ2n) is 5.43. The van der Waals surface area contributed by atoms with Gasteiger partial charge >= 0.3 is 0 Å². The Morgan fingerprint density at radius 2 is 1.68 bits per heavy atom. The highest BCUT2D eigenvalue weighted by Gasteiger charge is 2.24. The van der Waals surface area contributed by atoms with Gasteiger partial charge in [-0.2, -0.15) is 5.10 Å². The Morgan fingerprint density at radius 3 is 2.45 bits per heavy atom. The number of benzene rings is 2. The summed E-state index contributed by atoms with van der Waals surface area (Å²) < 4.78 is 10.9. The standard InChI is InChI=1S/C18H16N2O2/c1-2-6-13(7-3-1)10-17-15-8-4-5-9-16(15)18(20-19-17)22-12-14-11-21-14/h1-9,14H,10-12H2. The maximum atomic E-state index is 5.75. The van der Waals surface area contributed by atoms with Gasteiger partial charge in [-0.3, -0.25) is 0 Å². The van der Waals surface area contributed by atoms with E-state index in [0.717, 1.165) is 29.5 Å². The number of hydrogen-bond donors (Lipinski definition) is 0. The van der Waals surface area contributed by atoms with Crippen LogP contribution in [0.1, 0.15) is 11.3 Å². The third-order valence-corrected chi connectivity index (χ3v) is 3.75. The lowest BCUT2D eigenvalue weighted by molar-refractivity contribution is 0.256. The molecule has 2 aromatic carbocycles. The van der Waals surface area contributed by atoms with Crippen molar-refractivity contribution in [3.05, 3.63) is 65.9 Å².